The summed E-state index contributed by atoms with van der Waals surface area (Å²) in [6.07, 6.45) is 0. The van der Waals surface area contributed by atoms with E-state index in [4.69, 9.17) is 5.94 Å². The van der Waals surface area contributed by atoms with Gasteiger partial charge >= 0.3 is 0 Å². The number of nitrogens with one attached hydrogen (secondary N) is 1. The highest BCUT2D eigenvalue weighted by Crippen LogP contribution is 2.56. The van der Waals surface area contributed by atoms with E-state index in [1.54, 1.807) is 6.07 Å². The minimum Gasteiger partial charge on any atom is -0.352 e. The Bertz CT molecular complexity index is 4170. The Kier molecular flexibility index (Phi) is 12.1. The SMILES string of the molecule is C.C.O=C1c2cc(F)ccc2-c2cc3cccccc-3c21.O=C1c2cc(N3c4ccccc4N(c4ccccc4)c4ccccc43)ccc2-c2cc3cccccc-3c21.[2HH].[2H][2H].[2H][2H].c1ccc(N2c3ccccc3Nc3ccccc32)cc1. The summed E-state index contributed by atoms with van der Waals surface area (Å²) >= 11 is 0. The average Bonchev–Trinajstić information content (AvgIpc) is 3.30. The molecule has 79 heavy (non-hydrogen) atoms. The van der Waals surface area contributed by atoms with Crippen molar-refractivity contribution in [3.05, 3.63) is 295 Å². The quantitative estimate of drug-likeness (QED) is 0.190. The van der Waals surface area contributed by atoms with Crippen molar-refractivity contribution in [3.8, 4) is 44.5 Å². The zero-order valence-corrected chi connectivity index (χ0v) is 41.4. The molecule has 0 radical (unpaired) electrons. The first-order chi connectivity index (χ1) is 40.0. The van der Waals surface area contributed by atoms with Gasteiger partial charge in [0.25, 0.3) is 0 Å². The standard InChI is InChI=1S/C35H22N2O.C18H14N2.C17H9FO.2CH4.3H2/c38-35-29-22-25(19-20-27(29)28-21-23-11-3-1-6-14-26(23)34(28)35)37-32-17-9-7-15-30(32)36(24-12-4-2-5-13-24)31-16-8-10-18-33(31)37;1-2-8-14(9-3-1)20-17-12-6-4-10-15(17)19-16-11-5-7-13-18(16)20;18-11-6-7-13-14-8-10-4-2-1-3-5-12(10)16(14)17(19)15(13)9-11;;;;;/h1-22H;1-13,19H;1-9H;2*1H4;3*1H/i;;;;;2*1+1D;1+1. The van der Waals surface area contributed by atoms with Crippen LogP contribution < -0.4 is 20.0 Å². The third-order valence-corrected chi connectivity index (χ3v) is 14.9. The van der Waals surface area contributed by atoms with Crippen molar-refractivity contribution in [1.82, 2.24) is 0 Å². The van der Waals surface area contributed by atoms with Gasteiger partial charge in [-0.3, -0.25) is 9.59 Å². The van der Waals surface area contributed by atoms with E-state index >= 15 is 0 Å². The lowest BCUT2D eigenvalue weighted by molar-refractivity contribution is 0.103. The maximum Gasteiger partial charge on any atom is 0.195 e. The molecule has 0 fully saturated rings. The van der Waals surface area contributed by atoms with Crippen molar-refractivity contribution < 1.29 is 21.3 Å². The van der Waals surface area contributed by atoms with Crippen molar-refractivity contribution in [3.63, 3.8) is 0 Å². The molecule has 0 saturated carbocycles. The second kappa shape index (κ2) is 20.3. The molecule has 7 heteroatoms. The van der Waals surface area contributed by atoms with Crippen LogP contribution in [0.3, 0.4) is 0 Å². The molecule has 0 amide bonds. The van der Waals surface area contributed by atoms with E-state index in [0.717, 1.165) is 101 Å². The van der Waals surface area contributed by atoms with Crippen molar-refractivity contribution >= 4 is 74.1 Å². The van der Waals surface area contributed by atoms with Crippen LogP contribution in [0.1, 0.15) is 54.1 Å². The average molecular weight is 1040 g/mol. The summed E-state index contributed by atoms with van der Waals surface area (Å²) in [4.78, 5) is 33.1. The van der Waals surface area contributed by atoms with Gasteiger partial charge in [0.05, 0.1) is 45.5 Å². The van der Waals surface area contributed by atoms with E-state index in [2.05, 4.69) is 196 Å². The van der Waals surface area contributed by atoms with E-state index in [9.17, 15) is 14.0 Å². The molecule has 0 aromatic heterocycles. The maximum absolute atomic E-state index is 13.8. The molecule has 2 heterocycles. The number of benzene rings is 8. The first-order valence-corrected chi connectivity index (χ1v) is 25.7. The first-order valence-electron chi connectivity index (χ1n) is 27.7. The van der Waals surface area contributed by atoms with Gasteiger partial charge in [0.2, 0.25) is 0 Å². The second-order valence-electron chi connectivity index (χ2n) is 19.3. The molecule has 0 spiro atoms. The van der Waals surface area contributed by atoms with Crippen LogP contribution in [0.5, 0.6) is 0 Å². The number of para-hydroxylation sites is 10. The van der Waals surface area contributed by atoms with Crippen LogP contribution in [0.4, 0.5) is 67.0 Å². The number of hydrogen-bond acceptors (Lipinski definition) is 6. The summed E-state index contributed by atoms with van der Waals surface area (Å²) in [5, 5.41) is 3.50. The molecule has 16 rings (SSSR count). The number of ketones is 2. The molecule has 1 N–H and O–H groups in total. The number of fused-ring (bicyclic) bond motifs is 14. The van der Waals surface area contributed by atoms with Crippen LogP contribution in [-0.2, 0) is 0 Å². The summed E-state index contributed by atoms with van der Waals surface area (Å²) in [5.41, 5.74) is 22.9. The Morgan fingerprint density at radius 2 is 0.658 bits per heavy atom. The molecule has 0 unspecified atom stereocenters. The lowest BCUT2D eigenvalue weighted by atomic mass is 10.0. The molecule has 0 saturated heterocycles. The minimum atomic E-state index is -0.368. The van der Waals surface area contributed by atoms with Gasteiger partial charge in [-0.05, 0) is 154 Å². The molecule has 2 aliphatic heterocycles. The van der Waals surface area contributed by atoms with E-state index in [1.165, 1.54) is 29.2 Å². The summed E-state index contributed by atoms with van der Waals surface area (Å²) in [6, 6.07) is 89.4. The Labute approximate surface area is 467 Å². The van der Waals surface area contributed by atoms with E-state index in [0.29, 0.717) is 11.1 Å². The van der Waals surface area contributed by atoms with Crippen molar-refractivity contribution in [2.75, 3.05) is 20.0 Å². The third kappa shape index (κ3) is 8.27. The first kappa shape index (κ1) is 47.1. The molecular weight excluding hydrogens is 972 g/mol. The van der Waals surface area contributed by atoms with E-state index in [1.807, 2.05) is 72.8 Å². The van der Waals surface area contributed by atoms with Crippen LogP contribution >= 0.6 is 0 Å². The molecule has 8 aromatic carbocycles. The lowest BCUT2D eigenvalue weighted by Crippen LogP contribution is -2.24. The topological polar surface area (TPSA) is 55.9 Å². The Hall–Kier alpha value is -10.4. The van der Waals surface area contributed by atoms with Crippen LogP contribution in [0.2, 0.25) is 0 Å². The minimum absolute atomic E-state index is 0. The second-order valence-corrected chi connectivity index (χ2v) is 19.3. The highest BCUT2D eigenvalue weighted by Gasteiger charge is 2.36. The van der Waals surface area contributed by atoms with Gasteiger partial charge in [-0.2, -0.15) is 0 Å². The van der Waals surface area contributed by atoms with Gasteiger partial charge in [-0.1, -0.05) is 173 Å². The van der Waals surface area contributed by atoms with Gasteiger partial charge in [0.15, 0.2) is 11.6 Å². The lowest BCUT2D eigenvalue weighted by Gasteiger charge is -2.40. The molecule has 6 aliphatic carbocycles. The van der Waals surface area contributed by atoms with Crippen LogP contribution in [0, 0.1) is 5.82 Å². The largest absolute Gasteiger partial charge is 0.352 e. The predicted molar refractivity (Wildman–Crippen MR) is 331 cm³/mol. The normalized spacial score (nSPS) is 12.7. The van der Waals surface area contributed by atoms with Gasteiger partial charge in [-0.25, -0.2) is 4.39 Å². The molecule has 8 aliphatic rings. The Morgan fingerprint density at radius 1 is 0.304 bits per heavy atom. The molecular formula is C72H59FN4O2. The highest BCUT2D eigenvalue weighted by molar-refractivity contribution is 6.27. The molecule has 8 aromatic rings. The maximum atomic E-state index is 13.8. The number of anilines is 11. The van der Waals surface area contributed by atoms with E-state index in [-0.39, 0.29) is 33.7 Å². The summed E-state index contributed by atoms with van der Waals surface area (Å²) in [6.45, 7) is 0. The van der Waals surface area contributed by atoms with Crippen molar-refractivity contribution in [2.45, 2.75) is 14.9 Å². The zero-order chi connectivity index (χ0) is 55.6. The van der Waals surface area contributed by atoms with Crippen molar-refractivity contribution in [1.29, 1.82) is 0 Å². The molecule has 0 atom stereocenters. The molecule has 386 valence electrons. The smallest absolute Gasteiger partial charge is 0.195 e. The highest BCUT2D eigenvalue weighted by atomic mass is 19.1. The summed E-state index contributed by atoms with van der Waals surface area (Å²) in [7, 11) is 0. The summed E-state index contributed by atoms with van der Waals surface area (Å²) in [5.74, 6) is -0.347. The third-order valence-electron chi connectivity index (χ3n) is 14.9. The number of rotatable bonds is 3. The van der Waals surface area contributed by atoms with Gasteiger partial charge in [-0.15, -0.1) is 0 Å². The molecule has 6 nitrogen and oxygen atoms in total. The van der Waals surface area contributed by atoms with Crippen LogP contribution in [-0.4, -0.2) is 11.6 Å². The zero-order valence-electron chi connectivity index (χ0n) is 45.4. The van der Waals surface area contributed by atoms with Gasteiger partial charge in [0, 0.05) is 46.7 Å². The van der Waals surface area contributed by atoms with Crippen molar-refractivity contribution in [2.24, 2.45) is 0 Å². The Balaban J connectivity index is 0.000000156. The van der Waals surface area contributed by atoms with Gasteiger partial charge in [0.1, 0.15) is 5.82 Å². The number of carbonyl (C=O) groups excluding carboxylic acids is 2. The number of nitrogens with zero attached hydrogens (tertiary/aromatic N) is 3. The van der Waals surface area contributed by atoms with Crippen LogP contribution in [0.25, 0.3) is 44.5 Å². The fraction of sp³-hybridized carbons (Fsp3) is 0.0278. The molecule has 0 bridgehead atoms. The number of hydrogen-bond donors (Lipinski definition) is 1. The predicted octanol–water partition coefficient (Wildman–Crippen LogP) is 20.6. The van der Waals surface area contributed by atoms with E-state index < -0.39 is 0 Å². The summed E-state index contributed by atoms with van der Waals surface area (Å²) < 4.78 is 33.3. The van der Waals surface area contributed by atoms with Crippen LogP contribution in [0.15, 0.2) is 267 Å². The number of carbonyl (C=O) groups is 2. The fourth-order valence-corrected chi connectivity index (χ4v) is 11.5. The monoisotopic (exact) mass is 1040 g/mol. The van der Waals surface area contributed by atoms with Gasteiger partial charge < -0.3 is 20.0 Å². The fourth-order valence-electron chi connectivity index (χ4n) is 11.5. The number of halogens is 1. The Morgan fingerprint density at radius 3 is 1.13 bits per heavy atom.